The third kappa shape index (κ3) is 2.53. The van der Waals surface area contributed by atoms with Crippen LogP contribution in [0.3, 0.4) is 0 Å². The molecule has 0 bridgehead atoms. The number of aryl methyl sites for hydroxylation is 1. The van der Waals surface area contributed by atoms with Crippen molar-refractivity contribution in [3.05, 3.63) is 17.5 Å². The van der Waals surface area contributed by atoms with Gasteiger partial charge < -0.3 is 14.3 Å². The van der Waals surface area contributed by atoms with Gasteiger partial charge in [0.25, 0.3) is 5.91 Å². The zero-order chi connectivity index (χ0) is 15.0. The van der Waals surface area contributed by atoms with Gasteiger partial charge in [-0.15, -0.1) is 0 Å². The minimum absolute atomic E-state index is 0.0885. The van der Waals surface area contributed by atoms with Gasteiger partial charge in [0.05, 0.1) is 5.69 Å². The fourth-order valence-corrected chi connectivity index (χ4v) is 2.88. The summed E-state index contributed by atoms with van der Waals surface area (Å²) in [6.07, 6.45) is 0.733. The van der Waals surface area contributed by atoms with Crippen molar-refractivity contribution < 1.29 is 14.1 Å². The molecule has 2 fully saturated rings. The van der Waals surface area contributed by atoms with E-state index in [-0.39, 0.29) is 23.6 Å². The number of aromatic nitrogens is 1. The van der Waals surface area contributed by atoms with E-state index in [1.54, 1.807) is 15.9 Å². The predicted octanol–water partition coefficient (Wildman–Crippen LogP) is -0.165. The summed E-state index contributed by atoms with van der Waals surface area (Å²) in [6.45, 7) is 5.35. The molecule has 2 saturated heterocycles. The number of carbonyl (C=O) groups excluding carboxylic acids is 2. The number of hydrogen-bond acceptors (Lipinski definition) is 5. The Morgan fingerprint density at radius 1 is 1.38 bits per heavy atom. The molecule has 3 heterocycles. The molecule has 0 spiro atoms. The third-order valence-electron chi connectivity index (χ3n) is 4.29. The number of fused-ring (bicyclic) bond motifs is 1. The lowest BCUT2D eigenvalue weighted by molar-refractivity contribution is -0.142. The Balaban J connectivity index is 1.72. The van der Waals surface area contributed by atoms with Crippen LogP contribution in [-0.2, 0) is 11.2 Å². The largest absolute Gasteiger partial charge is 0.351 e. The lowest BCUT2D eigenvalue weighted by atomic mass is 10.1. The molecule has 1 atom stereocenters. The molecule has 1 aromatic heterocycles. The second-order valence-corrected chi connectivity index (χ2v) is 5.60. The third-order valence-corrected chi connectivity index (χ3v) is 4.29. The minimum Gasteiger partial charge on any atom is -0.351 e. The van der Waals surface area contributed by atoms with Crippen LogP contribution in [0.25, 0.3) is 0 Å². The predicted molar refractivity (Wildman–Crippen MR) is 74.8 cm³/mol. The van der Waals surface area contributed by atoms with E-state index in [1.807, 2.05) is 14.0 Å². The zero-order valence-electron chi connectivity index (χ0n) is 12.4. The zero-order valence-corrected chi connectivity index (χ0v) is 12.4. The summed E-state index contributed by atoms with van der Waals surface area (Å²) in [5, 5.41) is 3.85. The number of likely N-dealkylation sites (N-methyl/N-ethyl adjacent to an activating group) is 1. The average Bonchev–Trinajstić information content (AvgIpc) is 2.99. The maximum Gasteiger partial charge on any atom is 0.292 e. The molecule has 7 nitrogen and oxygen atoms in total. The van der Waals surface area contributed by atoms with Crippen LogP contribution < -0.4 is 0 Å². The Morgan fingerprint density at radius 2 is 2.14 bits per heavy atom. The molecule has 0 N–H and O–H groups in total. The highest BCUT2D eigenvalue weighted by atomic mass is 16.5. The fraction of sp³-hybridized carbons (Fsp3) is 0.643. The van der Waals surface area contributed by atoms with Gasteiger partial charge in [-0.05, 0) is 6.42 Å². The van der Waals surface area contributed by atoms with E-state index < -0.39 is 0 Å². The fourth-order valence-electron chi connectivity index (χ4n) is 2.88. The number of nitrogens with zero attached hydrogens (tertiary/aromatic N) is 4. The van der Waals surface area contributed by atoms with Crippen molar-refractivity contribution in [3.63, 3.8) is 0 Å². The summed E-state index contributed by atoms with van der Waals surface area (Å²) in [4.78, 5) is 30.2. The summed E-state index contributed by atoms with van der Waals surface area (Å²) in [5.74, 6) is 0.172. The van der Waals surface area contributed by atoms with Gasteiger partial charge in [0, 0.05) is 45.8 Å². The van der Waals surface area contributed by atoms with E-state index in [2.05, 4.69) is 10.1 Å². The van der Waals surface area contributed by atoms with Gasteiger partial charge >= 0.3 is 0 Å². The number of rotatable bonds is 2. The van der Waals surface area contributed by atoms with E-state index in [0.717, 1.165) is 31.7 Å². The quantitative estimate of drug-likeness (QED) is 0.757. The number of hydrogen-bond donors (Lipinski definition) is 0. The maximum atomic E-state index is 12.4. The van der Waals surface area contributed by atoms with Crippen molar-refractivity contribution in [2.45, 2.75) is 19.4 Å². The Bertz CT molecular complexity index is 556. The van der Waals surface area contributed by atoms with Gasteiger partial charge in [-0.2, -0.15) is 0 Å². The van der Waals surface area contributed by atoms with Crippen molar-refractivity contribution in [2.75, 3.05) is 39.8 Å². The first-order chi connectivity index (χ1) is 10.1. The van der Waals surface area contributed by atoms with Crippen LogP contribution in [0.2, 0.25) is 0 Å². The van der Waals surface area contributed by atoms with Crippen molar-refractivity contribution in [2.24, 2.45) is 0 Å². The second-order valence-electron chi connectivity index (χ2n) is 5.60. The first-order valence-corrected chi connectivity index (χ1v) is 7.34. The highest BCUT2D eigenvalue weighted by Gasteiger charge is 2.39. The Labute approximate surface area is 123 Å². The monoisotopic (exact) mass is 292 g/mol. The SMILES string of the molecule is CCc1cc(C(=O)N2CCN3CCN(C)C(=O)[C@H]3C2)on1. The molecule has 0 unspecified atom stereocenters. The molecule has 2 aliphatic heterocycles. The molecule has 1 aromatic rings. The van der Waals surface area contributed by atoms with E-state index in [4.69, 9.17) is 4.52 Å². The molecular weight excluding hydrogens is 272 g/mol. The Hall–Kier alpha value is -1.89. The van der Waals surface area contributed by atoms with E-state index in [0.29, 0.717) is 13.1 Å². The first-order valence-electron chi connectivity index (χ1n) is 7.34. The molecule has 0 saturated carbocycles. The van der Waals surface area contributed by atoms with Crippen molar-refractivity contribution >= 4 is 11.8 Å². The molecule has 0 radical (unpaired) electrons. The smallest absolute Gasteiger partial charge is 0.292 e. The van der Waals surface area contributed by atoms with Crippen LogP contribution in [0.4, 0.5) is 0 Å². The first kappa shape index (κ1) is 14.1. The Kier molecular flexibility index (Phi) is 3.67. The topological polar surface area (TPSA) is 69.9 Å². The van der Waals surface area contributed by atoms with Crippen molar-refractivity contribution in [1.82, 2.24) is 19.9 Å². The average molecular weight is 292 g/mol. The number of carbonyl (C=O) groups is 2. The highest BCUT2D eigenvalue weighted by Crippen LogP contribution is 2.18. The molecule has 2 aliphatic rings. The van der Waals surface area contributed by atoms with Gasteiger partial charge in [-0.25, -0.2) is 0 Å². The minimum atomic E-state index is -0.227. The summed E-state index contributed by atoms with van der Waals surface area (Å²) >= 11 is 0. The van der Waals surface area contributed by atoms with E-state index in [9.17, 15) is 9.59 Å². The molecule has 114 valence electrons. The molecular formula is C14H20N4O3. The standard InChI is InChI=1S/C14H20N4O3/c1-3-10-8-12(21-15-10)14(20)18-7-6-17-5-4-16(2)13(19)11(17)9-18/h8,11H,3-7,9H2,1-2H3/t11-/m1/s1. The van der Waals surface area contributed by atoms with E-state index >= 15 is 0 Å². The van der Waals surface area contributed by atoms with Crippen LogP contribution in [0, 0.1) is 0 Å². The molecule has 7 heteroatoms. The van der Waals surface area contributed by atoms with Gasteiger partial charge in [0.2, 0.25) is 11.7 Å². The van der Waals surface area contributed by atoms with Gasteiger partial charge in [0.15, 0.2) is 0 Å². The van der Waals surface area contributed by atoms with Crippen molar-refractivity contribution in [1.29, 1.82) is 0 Å². The molecule has 21 heavy (non-hydrogen) atoms. The van der Waals surface area contributed by atoms with Crippen LogP contribution in [-0.4, -0.2) is 77.5 Å². The number of piperazine rings is 2. The number of amides is 2. The van der Waals surface area contributed by atoms with Crippen molar-refractivity contribution in [3.8, 4) is 0 Å². The van der Waals surface area contributed by atoms with Gasteiger partial charge in [-0.1, -0.05) is 12.1 Å². The Morgan fingerprint density at radius 3 is 2.86 bits per heavy atom. The van der Waals surface area contributed by atoms with Crippen LogP contribution in [0.5, 0.6) is 0 Å². The summed E-state index contributed by atoms with van der Waals surface area (Å²) < 4.78 is 5.10. The highest BCUT2D eigenvalue weighted by molar-refractivity contribution is 5.92. The lowest BCUT2D eigenvalue weighted by Gasteiger charge is -2.45. The van der Waals surface area contributed by atoms with Gasteiger partial charge in [0.1, 0.15) is 6.04 Å². The lowest BCUT2D eigenvalue weighted by Crippen LogP contribution is -2.64. The molecule has 0 aliphatic carbocycles. The van der Waals surface area contributed by atoms with Crippen LogP contribution in [0.15, 0.2) is 10.6 Å². The normalized spacial score (nSPS) is 23.3. The maximum absolute atomic E-state index is 12.4. The van der Waals surface area contributed by atoms with Crippen LogP contribution >= 0.6 is 0 Å². The second kappa shape index (κ2) is 5.48. The molecule has 3 rings (SSSR count). The molecule has 2 amide bonds. The van der Waals surface area contributed by atoms with Gasteiger partial charge in [-0.3, -0.25) is 14.5 Å². The van der Waals surface area contributed by atoms with E-state index in [1.165, 1.54) is 0 Å². The van der Waals surface area contributed by atoms with Crippen LogP contribution in [0.1, 0.15) is 23.2 Å². The molecule has 0 aromatic carbocycles. The summed E-state index contributed by atoms with van der Waals surface area (Å²) in [5.41, 5.74) is 0.769. The summed E-state index contributed by atoms with van der Waals surface area (Å²) in [7, 11) is 1.81. The summed E-state index contributed by atoms with van der Waals surface area (Å²) in [6, 6.07) is 1.46.